The van der Waals surface area contributed by atoms with Gasteiger partial charge in [0.15, 0.2) is 11.1 Å². The molecule has 2 heterocycles. The van der Waals surface area contributed by atoms with Crippen LogP contribution >= 0.6 is 11.3 Å². The molecule has 1 aromatic carbocycles. The molecule has 0 aliphatic carbocycles. The number of anilines is 1. The maximum absolute atomic E-state index is 6.31. The molecule has 3 rings (SSSR count). The second kappa shape index (κ2) is 9.19. The number of nitrogens with zero attached hydrogens (tertiary/aromatic N) is 5. The van der Waals surface area contributed by atoms with Crippen molar-refractivity contribution in [3.63, 3.8) is 0 Å². The average molecular weight is 387 g/mol. The summed E-state index contributed by atoms with van der Waals surface area (Å²) in [4.78, 5) is 15.8. The van der Waals surface area contributed by atoms with Crippen LogP contribution < -0.4 is 10.6 Å². The summed E-state index contributed by atoms with van der Waals surface area (Å²) in [5.41, 5.74) is 8.95. The zero-order valence-electron chi connectivity index (χ0n) is 16.5. The van der Waals surface area contributed by atoms with E-state index < -0.39 is 0 Å². The van der Waals surface area contributed by atoms with Gasteiger partial charge in [0.1, 0.15) is 0 Å². The summed E-state index contributed by atoms with van der Waals surface area (Å²) in [6.45, 7) is 6.47. The minimum Gasteiger partial charge on any atom is -0.370 e. The lowest BCUT2D eigenvalue weighted by Crippen LogP contribution is -2.51. The standard InChI is InChI=1S/C20H30N6S/c1-4-16-5-7-17(8-6-16)18(24(2)3)15-23-19(21)25-10-12-26(13-11-25)20-22-9-14-27-20/h5-9,14,18H,4,10-13,15H2,1-3H3,(H2,21,23). The summed E-state index contributed by atoms with van der Waals surface area (Å²) < 4.78 is 0. The molecule has 1 atom stereocenters. The third-order valence-electron chi connectivity index (χ3n) is 5.12. The van der Waals surface area contributed by atoms with Crippen molar-refractivity contribution in [2.75, 3.05) is 51.7 Å². The average Bonchev–Trinajstić information content (AvgIpc) is 3.23. The maximum Gasteiger partial charge on any atom is 0.191 e. The molecular weight excluding hydrogens is 356 g/mol. The van der Waals surface area contributed by atoms with Crippen molar-refractivity contribution in [2.45, 2.75) is 19.4 Å². The van der Waals surface area contributed by atoms with Gasteiger partial charge in [0.05, 0.1) is 12.6 Å². The molecule has 1 fully saturated rings. The molecular formula is C20H30N6S. The van der Waals surface area contributed by atoms with Crippen molar-refractivity contribution in [3.8, 4) is 0 Å². The lowest BCUT2D eigenvalue weighted by Gasteiger charge is -2.35. The Morgan fingerprint density at radius 1 is 1.22 bits per heavy atom. The van der Waals surface area contributed by atoms with Crippen LogP contribution in [-0.4, -0.2) is 67.6 Å². The van der Waals surface area contributed by atoms with E-state index in [9.17, 15) is 0 Å². The van der Waals surface area contributed by atoms with Crippen LogP contribution in [0.4, 0.5) is 5.13 Å². The van der Waals surface area contributed by atoms with Crippen LogP contribution in [0.2, 0.25) is 0 Å². The van der Waals surface area contributed by atoms with Gasteiger partial charge >= 0.3 is 0 Å². The Kier molecular flexibility index (Phi) is 6.68. The molecule has 0 radical (unpaired) electrons. The number of aromatic nitrogens is 1. The molecule has 0 spiro atoms. The Hall–Kier alpha value is -2.12. The number of hydrogen-bond donors (Lipinski definition) is 1. The first-order chi connectivity index (χ1) is 13.1. The van der Waals surface area contributed by atoms with Crippen LogP contribution in [0.25, 0.3) is 0 Å². The monoisotopic (exact) mass is 386 g/mol. The van der Waals surface area contributed by atoms with Crippen LogP contribution in [0, 0.1) is 0 Å². The molecule has 1 saturated heterocycles. The van der Waals surface area contributed by atoms with E-state index in [4.69, 9.17) is 10.7 Å². The normalized spacial score (nSPS) is 16.8. The van der Waals surface area contributed by atoms with E-state index in [2.05, 4.69) is 65.0 Å². The second-order valence-electron chi connectivity index (χ2n) is 7.06. The van der Waals surface area contributed by atoms with Crippen molar-refractivity contribution in [1.82, 2.24) is 14.8 Å². The van der Waals surface area contributed by atoms with E-state index in [0.717, 1.165) is 37.7 Å². The third-order valence-corrected chi connectivity index (χ3v) is 5.95. The molecule has 1 unspecified atom stereocenters. The van der Waals surface area contributed by atoms with Gasteiger partial charge in [0, 0.05) is 37.8 Å². The molecule has 0 amide bonds. The lowest BCUT2D eigenvalue weighted by atomic mass is 10.0. The molecule has 2 N–H and O–H groups in total. The van der Waals surface area contributed by atoms with E-state index >= 15 is 0 Å². The zero-order chi connectivity index (χ0) is 19.2. The summed E-state index contributed by atoms with van der Waals surface area (Å²) in [5.74, 6) is 0.644. The fraction of sp³-hybridized carbons (Fsp3) is 0.500. The predicted molar refractivity (Wildman–Crippen MR) is 115 cm³/mol. The number of piperazine rings is 1. The first-order valence-corrected chi connectivity index (χ1v) is 10.4. The van der Waals surface area contributed by atoms with Gasteiger partial charge in [-0.15, -0.1) is 11.3 Å². The quantitative estimate of drug-likeness (QED) is 0.610. The minimum atomic E-state index is 0.228. The summed E-state index contributed by atoms with van der Waals surface area (Å²) in [5, 5.41) is 3.11. The van der Waals surface area contributed by atoms with Gasteiger partial charge in [0.2, 0.25) is 0 Å². The van der Waals surface area contributed by atoms with Gasteiger partial charge in [0.25, 0.3) is 0 Å². The summed E-state index contributed by atoms with van der Waals surface area (Å²) in [7, 11) is 4.19. The fourth-order valence-corrected chi connectivity index (χ4v) is 4.02. The van der Waals surface area contributed by atoms with E-state index in [-0.39, 0.29) is 6.04 Å². The molecule has 7 heteroatoms. The van der Waals surface area contributed by atoms with Gasteiger partial charge in [-0.25, -0.2) is 4.98 Å². The Balaban J connectivity index is 1.59. The molecule has 1 aliphatic rings. The first kappa shape index (κ1) is 19.6. The smallest absolute Gasteiger partial charge is 0.191 e. The number of aryl methyl sites for hydroxylation is 1. The lowest BCUT2D eigenvalue weighted by molar-refractivity contribution is 0.304. The number of nitrogens with two attached hydrogens (primary N) is 1. The highest BCUT2D eigenvalue weighted by Gasteiger charge is 2.20. The van der Waals surface area contributed by atoms with Gasteiger partial charge in [-0.2, -0.15) is 0 Å². The number of benzene rings is 1. The highest BCUT2D eigenvalue weighted by Crippen LogP contribution is 2.21. The van der Waals surface area contributed by atoms with Crippen molar-refractivity contribution in [2.24, 2.45) is 10.7 Å². The van der Waals surface area contributed by atoms with E-state index in [1.54, 1.807) is 11.3 Å². The van der Waals surface area contributed by atoms with E-state index in [0.29, 0.717) is 12.5 Å². The van der Waals surface area contributed by atoms with Crippen molar-refractivity contribution in [3.05, 3.63) is 47.0 Å². The molecule has 6 nitrogen and oxygen atoms in total. The molecule has 27 heavy (non-hydrogen) atoms. The summed E-state index contributed by atoms with van der Waals surface area (Å²) >= 11 is 1.69. The first-order valence-electron chi connectivity index (χ1n) is 9.53. The number of likely N-dealkylation sites (N-methyl/N-ethyl adjacent to an activating group) is 1. The highest BCUT2D eigenvalue weighted by molar-refractivity contribution is 7.13. The second-order valence-corrected chi connectivity index (χ2v) is 7.94. The predicted octanol–water partition coefficient (Wildman–Crippen LogP) is 2.45. The van der Waals surface area contributed by atoms with Gasteiger partial charge in [-0.05, 0) is 31.6 Å². The number of guanidine groups is 1. The molecule has 146 valence electrons. The van der Waals surface area contributed by atoms with Crippen LogP contribution in [-0.2, 0) is 6.42 Å². The molecule has 2 aromatic rings. The Morgan fingerprint density at radius 3 is 2.48 bits per heavy atom. The molecule has 1 aliphatic heterocycles. The van der Waals surface area contributed by atoms with E-state index in [1.165, 1.54) is 11.1 Å². The minimum absolute atomic E-state index is 0.228. The number of thiazole rings is 1. The summed E-state index contributed by atoms with van der Waals surface area (Å²) in [6.07, 6.45) is 2.92. The van der Waals surface area contributed by atoms with Gasteiger partial charge in [-0.3, -0.25) is 4.99 Å². The molecule has 0 bridgehead atoms. The SMILES string of the molecule is CCc1ccc(C(CN=C(N)N2CCN(c3nccs3)CC2)N(C)C)cc1. The van der Waals surface area contributed by atoms with Crippen molar-refractivity contribution < 1.29 is 0 Å². The topological polar surface area (TPSA) is 61.0 Å². The van der Waals surface area contributed by atoms with E-state index in [1.807, 2.05) is 11.6 Å². The van der Waals surface area contributed by atoms with Crippen LogP contribution in [0.5, 0.6) is 0 Å². The van der Waals surface area contributed by atoms with Crippen LogP contribution in [0.15, 0.2) is 40.8 Å². The molecule has 1 aromatic heterocycles. The molecule has 0 saturated carbocycles. The fourth-order valence-electron chi connectivity index (χ4n) is 3.32. The Labute approximate surface area is 166 Å². The zero-order valence-corrected chi connectivity index (χ0v) is 17.3. The Morgan fingerprint density at radius 2 is 1.93 bits per heavy atom. The number of rotatable bonds is 6. The third kappa shape index (κ3) is 4.99. The number of aliphatic imine (C=N–C) groups is 1. The summed E-state index contributed by atoms with van der Waals surface area (Å²) in [6, 6.07) is 9.06. The number of hydrogen-bond acceptors (Lipinski definition) is 5. The van der Waals surface area contributed by atoms with Crippen LogP contribution in [0.3, 0.4) is 0 Å². The van der Waals surface area contributed by atoms with Gasteiger partial charge in [-0.1, -0.05) is 31.2 Å². The van der Waals surface area contributed by atoms with Crippen molar-refractivity contribution >= 4 is 22.4 Å². The highest BCUT2D eigenvalue weighted by atomic mass is 32.1. The van der Waals surface area contributed by atoms with Gasteiger partial charge < -0.3 is 20.4 Å². The maximum atomic E-state index is 6.31. The largest absolute Gasteiger partial charge is 0.370 e. The van der Waals surface area contributed by atoms with Crippen LogP contribution in [0.1, 0.15) is 24.1 Å². The van der Waals surface area contributed by atoms with Crippen molar-refractivity contribution in [1.29, 1.82) is 0 Å². The Bertz CT molecular complexity index is 717.